The molecule has 2 fully saturated rings. The fourth-order valence-corrected chi connectivity index (χ4v) is 3.76. The summed E-state index contributed by atoms with van der Waals surface area (Å²) in [6.07, 6.45) is 2.62. The highest BCUT2D eigenvalue weighted by Gasteiger charge is 2.38. The number of rotatable bonds is 2. The molecule has 3 rings (SSSR count). The van der Waals surface area contributed by atoms with Crippen LogP contribution in [0.4, 0.5) is 5.69 Å². The molecule has 0 bridgehead atoms. The van der Waals surface area contributed by atoms with Crippen molar-refractivity contribution in [3.8, 4) is 0 Å². The predicted molar refractivity (Wildman–Crippen MR) is 91.4 cm³/mol. The maximum atomic E-state index is 12.8. The lowest BCUT2D eigenvalue weighted by Gasteiger charge is -2.32. The van der Waals surface area contributed by atoms with Crippen molar-refractivity contribution >= 4 is 17.5 Å². The summed E-state index contributed by atoms with van der Waals surface area (Å²) in [4.78, 5) is 29.0. The molecule has 0 aliphatic carbocycles. The molecule has 0 spiro atoms. The normalized spacial score (nSPS) is 25.1. The fraction of sp³-hybridized carbons (Fsp3) is 0.579. The lowest BCUT2D eigenvalue weighted by Crippen LogP contribution is -2.43. The van der Waals surface area contributed by atoms with Gasteiger partial charge in [0.1, 0.15) is 0 Å². The molecule has 2 amide bonds. The average molecular weight is 314 g/mol. The van der Waals surface area contributed by atoms with Crippen molar-refractivity contribution in [2.24, 2.45) is 11.8 Å². The van der Waals surface area contributed by atoms with Crippen LogP contribution in [0.5, 0.6) is 0 Å². The van der Waals surface area contributed by atoms with Crippen LogP contribution in [0.1, 0.15) is 37.3 Å². The fourth-order valence-electron chi connectivity index (χ4n) is 3.76. The summed E-state index contributed by atoms with van der Waals surface area (Å²) in [6.45, 7) is 8.45. The van der Waals surface area contributed by atoms with Gasteiger partial charge in [-0.2, -0.15) is 0 Å². The first-order valence-electron chi connectivity index (χ1n) is 8.62. The third kappa shape index (κ3) is 3.26. The first kappa shape index (κ1) is 16.0. The Kier molecular flexibility index (Phi) is 4.42. The molecule has 0 aromatic heterocycles. The molecular weight excluding hydrogens is 288 g/mol. The number of aryl methyl sites for hydroxylation is 2. The van der Waals surface area contributed by atoms with E-state index in [1.165, 1.54) is 6.42 Å². The predicted octanol–water partition coefficient (Wildman–Crippen LogP) is 2.91. The van der Waals surface area contributed by atoms with Crippen molar-refractivity contribution in [1.29, 1.82) is 0 Å². The number of anilines is 1. The van der Waals surface area contributed by atoms with Crippen LogP contribution in [-0.4, -0.2) is 36.3 Å². The molecule has 23 heavy (non-hydrogen) atoms. The zero-order chi connectivity index (χ0) is 16.6. The Morgan fingerprint density at radius 1 is 1.22 bits per heavy atom. The average Bonchev–Trinajstić information content (AvgIpc) is 2.90. The zero-order valence-corrected chi connectivity index (χ0v) is 14.3. The summed E-state index contributed by atoms with van der Waals surface area (Å²) in [7, 11) is 0. The van der Waals surface area contributed by atoms with Crippen molar-refractivity contribution < 1.29 is 9.59 Å². The summed E-state index contributed by atoms with van der Waals surface area (Å²) >= 11 is 0. The van der Waals surface area contributed by atoms with Gasteiger partial charge in [0.15, 0.2) is 0 Å². The van der Waals surface area contributed by atoms with Gasteiger partial charge >= 0.3 is 0 Å². The number of hydrogen-bond acceptors (Lipinski definition) is 2. The zero-order valence-electron chi connectivity index (χ0n) is 14.3. The molecule has 2 atom stereocenters. The molecule has 4 nitrogen and oxygen atoms in total. The first-order valence-corrected chi connectivity index (χ1v) is 8.62. The van der Waals surface area contributed by atoms with Crippen molar-refractivity contribution in [1.82, 2.24) is 4.90 Å². The van der Waals surface area contributed by atoms with Crippen LogP contribution in [0.3, 0.4) is 0 Å². The number of nitrogens with zero attached hydrogens (tertiary/aromatic N) is 2. The SMILES string of the molecule is Cc1ccc(C)c(N2C[C@@H](C(=O)N3CCC[C@@H](C)C3)CC2=O)c1. The molecule has 1 aromatic rings. The van der Waals surface area contributed by atoms with E-state index >= 15 is 0 Å². The van der Waals surface area contributed by atoms with Crippen molar-refractivity contribution in [2.45, 2.75) is 40.0 Å². The molecule has 2 aliphatic rings. The number of amides is 2. The molecule has 0 N–H and O–H groups in total. The lowest BCUT2D eigenvalue weighted by atomic mass is 9.98. The van der Waals surface area contributed by atoms with Gasteiger partial charge in [-0.15, -0.1) is 0 Å². The minimum absolute atomic E-state index is 0.0714. The number of piperidine rings is 1. The number of benzene rings is 1. The molecule has 0 unspecified atom stereocenters. The van der Waals surface area contributed by atoms with Gasteiger partial charge in [-0.05, 0) is 49.8 Å². The first-order chi connectivity index (χ1) is 11.0. The van der Waals surface area contributed by atoms with E-state index in [9.17, 15) is 9.59 Å². The van der Waals surface area contributed by atoms with E-state index in [-0.39, 0.29) is 17.7 Å². The van der Waals surface area contributed by atoms with Gasteiger partial charge in [0.05, 0.1) is 5.92 Å². The van der Waals surface area contributed by atoms with E-state index in [1.807, 2.05) is 30.9 Å². The van der Waals surface area contributed by atoms with Crippen LogP contribution in [0, 0.1) is 25.7 Å². The van der Waals surface area contributed by atoms with Gasteiger partial charge in [-0.1, -0.05) is 19.1 Å². The van der Waals surface area contributed by atoms with Gasteiger partial charge in [0.2, 0.25) is 11.8 Å². The summed E-state index contributed by atoms with van der Waals surface area (Å²) in [5, 5.41) is 0. The van der Waals surface area contributed by atoms with Crippen molar-refractivity contribution in [3.63, 3.8) is 0 Å². The Morgan fingerprint density at radius 3 is 2.74 bits per heavy atom. The Morgan fingerprint density at radius 2 is 2.00 bits per heavy atom. The quantitative estimate of drug-likeness (QED) is 0.842. The number of carbonyl (C=O) groups excluding carboxylic acids is 2. The van der Waals surface area contributed by atoms with Gasteiger partial charge in [0.25, 0.3) is 0 Å². The second-order valence-corrected chi connectivity index (χ2v) is 7.23. The third-order valence-electron chi connectivity index (χ3n) is 5.10. The molecule has 2 aliphatic heterocycles. The summed E-state index contributed by atoms with van der Waals surface area (Å²) in [6, 6.07) is 6.14. The summed E-state index contributed by atoms with van der Waals surface area (Å²) in [5.41, 5.74) is 3.18. The minimum Gasteiger partial charge on any atom is -0.342 e. The minimum atomic E-state index is -0.187. The molecule has 1 aromatic carbocycles. The second kappa shape index (κ2) is 6.34. The van der Waals surface area contributed by atoms with E-state index in [0.29, 0.717) is 18.9 Å². The number of hydrogen-bond donors (Lipinski definition) is 0. The van der Waals surface area contributed by atoms with Crippen LogP contribution in [0.2, 0.25) is 0 Å². The molecule has 124 valence electrons. The van der Waals surface area contributed by atoms with Crippen molar-refractivity contribution in [2.75, 3.05) is 24.5 Å². The highest BCUT2D eigenvalue weighted by atomic mass is 16.2. The number of carbonyl (C=O) groups is 2. The third-order valence-corrected chi connectivity index (χ3v) is 5.10. The maximum absolute atomic E-state index is 12.8. The van der Waals surface area contributed by atoms with Gasteiger partial charge in [-0.3, -0.25) is 9.59 Å². The molecule has 2 heterocycles. The van der Waals surface area contributed by atoms with Crippen LogP contribution < -0.4 is 4.90 Å². The Balaban J connectivity index is 1.74. The van der Waals surface area contributed by atoms with E-state index in [0.717, 1.165) is 36.3 Å². The molecule has 2 saturated heterocycles. The van der Waals surface area contributed by atoms with Crippen LogP contribution in [-0.2, 0) is 9.59 Å². The van der Waals surface area contributed by atoms with E-state index in [4.69, 9.17) is 0 Å². The van der Waals surface area contributed by atoms with Crippen LogP contribution in [0.25, 0.3) is 0 Å². The summed E-state index contributed by atoms with van der Waals surface area (Å²) in [5.74, 6) is 0.618. The largest absolute Gasteiger partial charge is 0.342 e. The maximum Gasteiger partial charge on any atom is 0.228 e. The van der Waals surface area contributed by atoms with Crippen LogP contribution >= 0.6 is 0 Å². The van der Waals surface area contributed by atoms with E-state index in [2.05, 4.69) is 13.0 Å². The highest BCUT2D eigenvalue weighted by molar-refractivity contribution is 6.00. The Hall–Kier alpha value is -1.84. The van der Waals surface area contributed by atoms with Gasteiger partial charge < -0.3 is 9.80 Å². The van der Waals surface area contributed by atoms with Gasteiger partial charge in [0, 0.05) is 31.7 Å². The van der Waals surface area contributed by atoms with E-state index < -0.39 is 0 Å². The topological polar surface area (TPSA) is 40.6 Å². The smallest absolute Gasteiger partial charge is 0.228 e. The molecule has 0 radical (unpaired) electrons. The molecule has 4 heteroatoms. The Labute approximate surface area is 138 Å². The van der Waals surface area contributed by atoms with Crippen LogP contribution in [0.15, 0.2) is 18.2 Å². The molecular formula is C19H26N2O2. The number of likely N-dealkylation sites (tertiary alicyclic amines) is 1. The highest BCUT2D eigenvalue weighted by Crippen LogP contribution is 2.30. The lowest BCUT2D eigenvalue weighted by molar-refractivity contribution is -0.137. The monoisotopic (exact) mass is 314 g/mol. The second-order valence-electron chi connectivity index (χ2n) is 7.23. The Bertz CT molecular complexity index is 626. The standard InChI is InChI=1S/C19H26N2O2/c1-13-6-7-15(3)17(9-13)21-12-16(10-18(21)22)19(23)20-8-4-5-14(2)11-20/h6-7,9,14,16H,4-5,8,10-12H2,1-3H3/t14-,16+/m1/s1. The van der Waals surface area contributed by atoms with E-state index in [1.54, 1.807) is 4.90 Å². The van der Waals surface area contributed by atoms with Crippen molar-refractivity contribution in [3.05, 3.63) is 29.3 Å². The van der Waals surface area contributed by atoms with Gasteiger partial charge in [-0.25, -0.2) is 0 Å². The molecule has 0 saturated carbocycles. The summed E-state index contributed by atoms with van der Waals surface area (Å²) < 4.78 is 0.